The first-order valence-corrected chi connectivity index (χ1v) is 6.06. The summed E-state index contributed by atoms with van der Waals surface area (Å²) in [7, 11) is 0. The highest BCUT2D eigenvalue weighted by atomic mass is 16.1. The zero-order valence-electron chi connectivity index (χ0n) is 10.8. The van der Waals surface area contributed by atoms with Crippen molar-refractivity contribution in [1.29, 1.82) is 0 Å². The second kappa shape index (κ2) is 5.95. The molecule has 0 saturated heterocycles. The second-order valence-electron chi connectivity index (χ2n) is 4.26. The molecule has 5 nitrogen and oxygen atoms in total. The predicted octanol–water partition coefficient (Wildman–Crippen LogP) is 1.34. The molecule has 2 aromatic rings. The number of carbonyl (C=O) groups excluding carboxylic acids is 1. The number of nitrogens with one attached hydrogen (secondary N) is 1. The molecule has 2 heterocycles. The van der Waals surface area contributed by atoms with Crippen molar-refractivity contribution in [1.82, 2.24) is 15.3 Å². The standard InChI is InChI=1S/C14H16N4O/c1-10-13(8-12(15)9-18-10)14(19)17-7-4-11-2-5-16-6-3-11/h2-3,5-6,8-9H,4,7,15H2,1H3,(H,17,19). The molecule has 0 bridgehead atoms. The minimum atomic E-state index is -0.147. The van der Waals surface area contributed by atoms with Gasteiger partial charge in [-0.25, -0.2) is 0 Å². The van der Waals surface area contributed by atoms with Gasteiger partial charge in [-0.3, -0.25) is 14.8 Å². The molecule has 0 radical (unpaired) electrons. The van der Waals surface area contributed by atoms with Crippen LogP contribution in [0, 0.1) is 6.92 Å². The molecule has 2 rings (SSSR count). The third-order valence-electron chi connectivity index (χ3n) is 2.80. The van der Waals surface area contributed by atoms with Gasteiger partial charge in [-0.15, -0.1) is 0 Å². The number of nitrogens with zero attached hydrogens (tertiary/aromatic N) is 2. The minimum absolute atomic E-state index is 0.147. The van der Waals surface area contributed by atoms with E-state index in [2.05, 4.69) is 15.3 Å². The van der Waals surface area contributed by atoms with Crippen LogP contribution in [0.25, 0.3) is 0 Å². The van der Waals surface area contributed by atoms with Crippen molar-refractivity contribution in [3.05, 3.63) is 53.6 Å². The summed E-state index contributed by atoms with van der Waals surface area (Å²) in [5.41, 5.74) is 8.46. The Hall–Kier alpha value is -2.43. The first kappa shape index (κ1) is 13.0. The molecule has 98 valence electrons. The van der Waals surface area contributed by atoms with E-state index in [1.165, 1.54) is 0 Å². The van der Waals surface area contributed by atoms with E-state index in [-0.39, 0.29) is 5.91 Å². The molecule has 3 N–H and O–H groups in total. The Labute approximate surface area is 111 Å². The van der Waals surface area contributed by atoms with Crippen LogP contribution in [-0.4, -0.2) is 22.4 Å². The predicted molar refractivity (Wildman–Crippen MR) is 73.7 cm³/mol. The average Bonchev–Trinajstić information content (AvgIpc) is 2.42. The van der Waals surface area contributed by atoms with Gasteiger partial charge in [0.05, 0.1) is 23.1 Å². The number of aryl methyl sites for hydroxylation is 1. The van der Waals surface area contributed by atoms with Crippen LogP contribution in [-0.2, 0) is 6.42 Å². The molecule has 0 spiro atoms. The lowest BCUT2D eigenvalue weighted by Gasteiger charge is -2.07. The number of rotatable bonds is 4. The van der Waals surface area contributed by atoms with Crippen molar-refractivity contribution in [2.75, 3.05) is 12.3 Å². The van der Waals surface area contributed by atoms with E-state index >= 15 is 0 Å². The molecule has 0 fully saturated rings. The number of anilines is 1. The number of carbonyl (C=O) groups is 1. The third-order valence-corrected chi connectivity index (χ3v) is 2.80. The summed E-state index contributed by atoms with van der Waals surface area (Å²) in [4.78, 5) is 20.0. The summed E-state index contributed by atoms with van der Waals surface area (Å²) in [6, 6.07) is 5.50. The molecule has 0 atom stereocenters. The molecule has 1 amide bonds. The Bertz CT molecular complexity index is 569. The monoisotopic (exact) mass is 256 g/mol. The normalized spacial score (nSPS) is 10.2. The molecule has 2 aromatic heterocycles. The molecule has 0 aliphatic heterocycles. The van der Waals surface area contributed by atoms with Gasteiger partial charge in [-0.05, 0) is 37.1 Å². The van der Waals surface area contributed by atoms with Crippen LogP contribution in [0.4, 0.5) is 5.69 Å². The van der Waals surface area contributed by atoms with Crippen molar-refractivity contribution in [2.45, 2.75) is 13.3 Å². The molecule has 0 unspecified atom stereocenters. The Morgan fingerprint density at radius 2 is 2.11 bits per heavy atom. The summed E-state index contributed by atoms with van der Waals surface area (Å²) in [5.74, 6) is -0.147. The minimum Gasteiger partial charge on any atom is -0.397 e. The van der Waals surface area contributed by atoms with Crippen LogP contribution in [0.1, 0.15) is 21.6 Å². The maximum atomic E-state index is 12.0. The topological polar surface area (TPSA) is 80.9 Å². The van der Waals surface area contributed by atoms with Crippen molar-refractivity contribution in [3.63, 3.8) is 0 Å². The smallest absolute Gasteiger partial charge is 0.253 e. The SMILES string of the molecule is Cc1ncc(N)cc1C(=O)NCCc1ccncc1. The number of aromatic nitrogens is 2. The van der Waals surface area contributed by atoms with Crippen molar-refractivity contribution in [2.24, 2.45) is 0 Å². The van der Waals surface area contributed by atoms with Gasteiger partial charge in [-0.1, -0.05) is 0 Å². The molecule has 19 heavy (non-hydrogen) atoms. The molecular formula is C14H16N4O. The lowest BCUT2D eigenvalue weighted by Crippen LogP contribution is -2.26. The summed E-state index contributed by atoms with van der Waals surface area (Å²) < 4.78 is 0. The largest absolute Gasteiger partial charge is 0.397 e. The van der Waals surface area contributed by atoms with Gasteiger partial charge >= 0.3 is 0 Å². The van der Waals surface area contributed by atoms with Crippen LogP contribution in [0.5, 0.6) is 0 Å². The zero-order valence-corrected chi connectivity index (χ0v) is 10.8. The fourth-order valence-corrected chi connectivity index (χ4v) is 1.74. The van der Waals surface area contributed by atoms with Crippen LogP contribution in [0.3, 0.4) is 0 Å². The van der Waals surface area contributed by atoms with Crippen molar-refractivity contribution < 1.29 is 4.79 Å². The number of hydrogen-bond donors (Lipinski definition) is 2. The van der Waals surface area contributed by atoms with Gasteiger partial charge < -0.3 is 11.1 Å². The maximum absolute atomic E-state index is 12.0. The highest BCUT2D eigenvalue weighted by Gasteiger charge is 2.09. The first-order valence-electron chi connectivity index (χ1n) is 6.06. The Morgan fingerprint density at radius 1 is 1.37 bits per heavy atom. The van der Waals surface area contributed by atoms with E-state index in [0.29, 0.717) is 23.5 Å². The summed E-state index contributed by atoms with van der Waals surface area (Å²) >= 11 is 0. The maximum Gasteiger partial charge on any atom is 0.253 e. The van der Waals surface area contributed by atoms with Crippen LogP contribution >= 0.6 is 0 Å². The van der Waals surface area contributed by atoms with Gasteiger partial charge in [-0.2, -0.15) is 0 Å². The van der Waals surface area contributed by atoms with Gasteiger partial charge in [0.25, 0.3) is 5.91 Å². The molecule has 0 aliphatic carbocycles. The summed E-state index contributed by atoms with van der Waals surface area (Å²) in [6.07, 6.45) is 5.79. The Morgan fingerprint density at radius 3 is 2.84 bits per heavy atom. The van der Waals surface area contributed by atoms with E-state index in [9.17, 15) is 4.79 Å². The fraction of sp³-hybridized carbons (Fsp3) is 0.214. The third kappa shape index (κ3) is 3.51. The Kier molecular flexibility index (Phi) is 4.07. The highest BCUT2D eigenvalue weighted by Crippen LogP contribution is 2.09. The second-order valence-corrected chi connectivity index (χ2v) is 4.26. The molecule has 0 aromatic carbocycles. The Balaban J connectivity index is 1.93. The lowest BCUT2D eigenvalue weighted by molar-refractivity contribution is 0.0953. The van der Waals surface area contributed by atoms with Crippen molar-refractivity contribution in [3.8, 4) is 0 Å². The van der Waals surface area contributed by atoms with E-state index in [1.54, 1.807) is 31.6 Å². The summed E-state index contributed by atoms with van der Waals surface area (Å²) in [6.45, 7) is 2.36. The number of nitrogens with two attached hydrogens (primary N) is 1. The zero-order chi connectivity index (χ0) is 13.7. The molecular weight excluding hydrogens is 240 g/mol. The quantitative estimate of drug-likeness (QED) is 0.865. The van der Waals surface area contributed by atoms with E-state index in [4.69, 9.17) is 5.73 Å². The van der Waals surface area contributed by atoms with Crippen LogP contribution in [0.2, 0.25) is 0 Å². The summed E-state index contributed by atoms with van der Waals surface area (Å²) in [5, 5.41) is 2.86. The van der Waals surface area contributed by atoms with Gasteiger partial charge in [0, 0.05) is 18.9 Å². The molecule has 0 aliphatic rings. The first-order chi connectivity index (χ1) is 9.16. The van der Waals surface area contributed by atoms with Gasteiger partial charge in [0.2, 0.25) is 0 Å². The van der Waals surface area contributed by atoms with Gasteiger partial charge in [0.1, 0.15) is 0 Å². The van der Waals surface area contributed by atoms with Crippen LogP contribution in [0.15, 0.2) is 36.8 Å². The average molecular weight is 256 g/mol. The number of nitrogen functional groups attached to an aromatic ring is 1. The lowest BCUT2D eigenvalue weighted by atomic mass is 10.1. The number of hydrogen-bond acceptors (Lipinski definition) is 4. The van der Waals surface area contributed by atoms with Crippen LogP contribution < -0.4 is 11.1 Å². The fourth-order valence-electron chi connectivity index (χ4n) is 1.74. The van der Waals surface area contributed by atoms with E-state index in [0.717, 1.165) is 12.0 Å². The van der Waals surface area contributed by atoms with Crippen molar-refractivity contribution >= 4 is 11.6 Å². The van der Waals surface area contributed by atoms with E-state index in [1.807, 2.05) is 12.1 Å². The number of pyridine rings is 2. The van der Waals surface area contributed by atoms with Gasteiger partial charge in [0.15, 0.2) is 0 Å². The molecule has 0 saturated carbocycles. The molecule has 5 heteroatoms. The van der Waals surface area contributed by atoms with E-state index < -0.39 is 0 Å². The number of amides is 1. The highest BCUT2D eigenvalue weighted by molar-refractivity contribution is 5.95.